The molecule has 3 N–H and O–H groups in total. The van der Waals surface area contributed by atoms with Gasteiger partial charge >= 0.3 is 0 Å². The van der Waals surface area contributed by atoms with Crippen LogP contribution in [0.15, 0.2) is 30.3 Å². The van der Waals surface area contributed by atoms with Crippen molar-refractivity contribution in [2.45, 2.75) is 57.0 Å². The molecule has 1 amide bonds. The predicted octanol–water partition coefficient (Wildman–Crippen LogP) is 1.96. The molecule has 1 aliphatic rings. The van der Waals surface area contributed by atoms with E-state index in [1.165, 1.54) is 0 Å². The molecule has 4 nitrogen and oxygen atoms in total. The first-order valence-electron chi connectivity index (χ1n) is 7.66. The van der Waals surface area contributed by atoms with Crippen molar-refractivity contribution in [3.63, 3.8) is 0 Å². The van der Waals surface area contributed by atoms with Crippen LogP contribution in [0.5, 0.6) is 0 Å². The molecule has 21 heavy (non-hydrogen) atoms. The number of hydrogen-bond acceptors (Lipinski definition) is 3. The van der Waals surface area contributed by atoms with Gasteiger partial charge < -0.3 is 11.1 Å². The molecule has 0 aromatic heterocycles. The van der Waals surface area contributed by atoms with Gasteiger partial charge in [0.05, 0.1) is 11.6 Å². The van der Waals surface area contributed by atoms with E-state index in [1.54, 1.807) is 6.92 Å². The van der Waals surface area contributed by atoms with E-state index in [0.717, 1.165) is 37.7 Å². The van der Waals surface area contributed by atoms with Crippen LogP contribution >= 0.6 is 0 Å². The maximum absolute atomic E-state index is 12.3. The number of carbonyl (C=O) groups excluding carboxylic acids is 2. The van der Waals surface area contributed by atoms with E-state index < -0.39 is 11.6 Å². The van der Waals surface area contributed by atoms with Gasteiger partial charge in [-0.3, -0.25) is 9.59 Å². The molecule has 0 saturated heterocycles. The summed E-state index contributed by atoms with van der Waals surface area (Å²) in [5.74, 6) is -0.182. The van der Waals surface area contributed by atoms with Crippen molar-refractivity contribution < 1.29 is 9.59 Å². The van der Waals surface area contributed by atoms with Crippen LogP contribution in [-0.4, -0.2) is 23.3 Å². The molecule has 1 unspecified atom stereocenters. The van der Waals surface area contributed by atoms with Crippen LogP contribution in [0, 0.1) is 0 Å². The fourth-order valence-electron chi connectivity index (χ4n) is 3.01. The summed E-state index contributed by atoms with van der Waals surface area (Å²) in [6.07, 6.45) is 5.03. The zero-order valence-electron chi connectivity index (χ0n) is 12.6. The first-order chi connectivity index (χ1) is 10.0. The largest absolute Gasteiger partial charge is 0.342 e. The quantitative estimate of drug-likeness (QED) is 0.870. The summed E-state index contributed by atoms with van der Waals surface area (Å²) in [4.78, 5) is 24.3. The Morgan fingerprint density at radius 1 is 1.19 bits per heavy atom. The lowest BCUT2D eigenvalue weighted by molar-refractivity contribution is -0.132. The number of benzene rings is 1. The van der Waals surface area contributed by atoms with Gasteiger partial charge in [0.25, 0.3) is 0 Å². The summed E-state index contributed by atoms with van der Waals surface area (Å²) in [6, 6.07) is 9.08. The number of rotatable bonds is 5. The van der Waals surface area contributed by atoms with Gasteiger partial charge in [-0.1, -0.05) is 49.6 Å². The van der Waals surface area contributed by atoms with Crippen molar-refractivity contribution in [3.05, 3.63) is 35.9 Å². The van der Waals surface area contributed by atoms with Gasteiger partial charge in [0, 0.05) is 0 Å². The highest BCUT2D eigenvalue weighted by molar-refractivity contribution is 5.93. The van der Waals surface area contributed by atoms with Gasteiger partial charge in [0.1, 0.15) is 0 Å². The van der Waals surface area contributed by atoms with Crippen molar-refractivity contribution in [3.8, 4) is 0 Å². The van der Waals surface area contributed by atoms with Crippen LogP contribution in [0.3, 0.4) is 0 Å². The number of nitrogens with one attached hydrogen (secondary N) is 1. The fourth-order valence-corrected chi connectivity index (χ4v) is 3.01. The van der Waals surface area contributed by atoms with Gasteiger partial charge in [-0.2, -0.15) is 0 Å². The lowest BCUT2D eigenvalue weighted by Gasteiger charge is -2.36. The minimum atomic E-state index is -0.691. The van der Waals surface area contributed by atoms with Gasteiger partial charge in [0.2, 0.25) is 5.91 Å². The van der Waals surface area contributed by atoms with Crippen molar-refractivity contribution in [2.75, 3.05) is 0 Å². The molecule has 2 rings (SSSR count). The molecule has 4 heteroatoms. The Balaban J connectivity index is 2.00. The molecule has 0 heterocycles. The number of carbonyl (C=O) groups is 2. The van der Waals surface area contributed by atoms with Crippen LogP contribution in [0.1, 0.15) is 44.6 Å². The van der Waals surface area contributed by atoms with Crippen LogP contribution in [0.4, 0.5) is 0 Å². The summed E-state index contributed by atoms with van der Waals surface area (Å²) in [5.41, 5.74) is 6.34. The zero-order chi connectivity index (χ0) is 15.3. The van der Waals surface area contributed by atoms with Crippen molar-refractivity contribution >= 4 is 11.7 Å². The highest BCUT2D eigenvalue weighted by atomic mass is 16.2. The van der Waals surface area contributed by atoms with Crippen LogP contribution in [0.2, 0.25) is 0 Å². The van der Waals surface area contributed by atoms with Gasteiger partial charge in [-0.15, -0.1) is 0 Å². The smallest absolute Gasteiger partial charge is 0.238 e. The molecule has 1 aromatic carbocycles. The van der Waals surface area contributed by atoms with Crippen LogP contribution in [0.25, 0.3) is 0 Å². The van der Waals surface area contributed by atoms with E-state index >= 15 is 0 Å². The molecule has 0 aliphatic heterocycles. The Bertz CT molecular complexity index is 493. The Labute approximate surface area is 126 Å². The van der Waals surface area contributed by atoms with Gasteiger partial charge in [-0.05, 0) is 31.7 Å². The Morgan fingerprint density at radius 2 is 1.81 bits per heavy atom. The topological polar surface area (TPSA) is 72.2 Å². The van der Waals surface area contributed by atoms with Gasteiger partial charge in [0.15, 0.2) is 5.78 Å². The lowest BCUT2D eigenvalue weighted by Crippen LogP contribution is -2.58. The highest BCUT2D eigenvalue weighted by Gasteiger charge is 2.38. The second-order valence-electron chi connectivity index (χ2n) is 5.98. The minimum absolute atomic E-state index is 0.0439. The molecule has 0 radical (unpaired) electrons. The molecular weight excluding hydrogens is 264 g/mol. The number of amides is 1. The standard InChI is InChI=1S/C17H24N2O2/c1-13(20)17(10-6-3-7-11-17)19-16(21)15(18)12-14-8-4-2-5-9-14/h2,4-5,8-9,15H,3,6-7,10-12,18H2,1H3,(H,19,21). The first kappa shape index (κ1) is 15.7. The van der Waals surface area contributed by atoms with Crippen molar-refractivity contribution in [1.82, 2.24) is 5.32 Å². The number of hydrogen-bond donors (Lipinski definition) is 2. The molecule has 1 saturated carbocycles. The Morgan fingerprint density at radius 3 is 2.38 bits per heavy atom. The summed E-state index contributed by atoms with van der Waals surface area (Å²) in [6.45, 7) is 1.56. The molecular formula is C17H24N2O2. The minimum Gasteiger partial charge on any atom is -0.342 e. The highest BCUT2D eigenvalue weighted by Crippen LogP contribution is 2.29. The lowest BCUT2D eigenvalue weighted by atomic mass is 9.78. The fraction of sp³-hybridized carbons (Fsp3) is 0.529. The number of ketones is 1. The average Bonchev–Trinajstić information content (AvgIpc) is 2.49. The van der Waals surface area contributed by atoms with Crippen molar-refractivity contribution in [1.29, 1.82) is 0 Å². The second-order valence-corrected chi connectivity index (χ2v) is 5.98. The summed E-state index contributed by atoms with van der Waals surface area (Å²) < 4.78 is 0. The Hall–Kier alpha value is -1.68. The van der Waals surface area contributed by atoms with E-state index in [2.05, 4.69) is 5.32 Å². The first-order valence-corrected chi connectivity index (χ1v) is 7.66. The van der Waals surface area contributed by atoms with Gasteiger partial charge in [-0.25, -0.2) is 0 Å². The SMILES string of the molecule is CC(=O)C1(NC(=O)C(N)Cc2ccccc2)CCCCC1. The third-order valence-electron chi connectivity index (χ3n) is 4.38. The van der Waals surface area contributed by atoms with E-state index in [9.17, 15) is 9.59 Å². The van der Waals surface area contributed by atoms with E-state index in [-0.39, 0.29) is 11.7 Å². The molecule has 1 atom stereocenters. The molecule has 1 fully saturated rings. The van der Waals surface area contributed by atoms with E-state index in [1.807, 2.05) is 30.3 Å². The third kappa shape index (κ3) is 3.91. The van der Waals surface area contributed by atoms with E-state index in [4.69, 9.17) is 5.73 Å². The molecule has 0 bridgehead atoms. The summed E-state index contributed by atoms with van der Waals surface area (Å²) in [5, 5.41) is 2.94. The molecule has 1 aromatic rings. The number of Topliss-reactive ketones (excluding diaryl/α,β-unsaturated/α-hetero) is 1. The van der Waals surface area contributed by atoms with Crippen molar-refractivity contribution in [2.24, 2.45) is 5.73 Å². The molecule has 0 spiro atoms. The van der Waals surface area contributed by atoms with E-state index in [0.29, 0.717) is 6.42 Å². The summed E-state index contributed by atoms with van der Waals surface area (Å²) in [7, 11) is 0. The maximum Gasteiger partial charge on any atom is 0.238 e. The second kappa shape index (κ2) is 6.85. The monoisotopic (exact) mass is 288 g/mol. The third-order valence-corrected chi connectivity index (χ3v) is 4.38. The zero-order valence-corrected chi connectivity index (χ0v) is 12.6. The van der Waals surface area contributed by atoms with Crippen LogP contribution in [-0.2, 0) is 16.0 Å². The molecule has 114 valence electrons. The number of nitrogens with two attached hydrogens (primary N) is 1. The molecule has 1 aliphatic carbocycles. The average molecular weight is 288 g/mol. The maximum atomic E-state index is 12.3. The Kier molecular flexibility index (Phi) is 5.12. The predicted molar refractivity (Wildman–Crippen MR) is 82.8 cm³/mol. The van der Waals surface area contributed by atoms with Crippen LogP contribution < -0.4 is 11.1 Å². The summed E-state index contributed by atoms with van der Waals surface area (Å²) >= 11 is 0. The normalized spacial score (nSPS) is 18.8.